The van der Waals surface area contributed by atoms with Crippen molar-refractivity contribution >= 4 is 10.8 Å². The molecule has 0 saturated heterocycles. The molecule has 2 aromatic rings. The van der Waals surface area contributed by atoms with E-state index in [9.17, 15) is 0 Å². The highest BCUT2D eigenvalue weighted by Gasteiger charge is 2.22. The van der Waals surface area contributed by atoms with Gasteiger partial charge in [0.2, 0.25) is 0 Å². The first-order valence-electron chi connectivity index (χ1n) is 9.77. The summed E-state index contributed by atoms with van der Waals surface area (Å²) >= 11 is 0. The number of hydrogen-bond donors (Lipinski definition) is 1. The second kappa shape index (κ2) is 8.13. The second-order valence-corrected chi connectivity index (χ2v) is 6.93. The third-order valence-electron chi connectivity index (χ3n) is 5.67. The van der Waals surface area contributed by atoms with E-state index in [2.05, 4.69) is 61.3 Å². The number of nitrogens with zero attached hydrogens (tertiary/aromatic N) is 1. The summed E-state index contributed by atoms with van der Waals surface area (Å²) in [5, 5.41) is 6.80. The number of hydrogen-bond acceptors (Lipinski definition) is 2. The monoisotopic (exact) mass is 324 g/mol. The molecular formula is C22H32N2. The van der Waals surface area contributed by atoms with Gasteiger partial charge in [0.1, 0.15) is 0 Å². The molecule has 0 radical (unpaired) electrons. The summed E-state index contributed by atoms with van der Waals surface area (Å²) in [5.41, 5.74) is 4.66. The Kier molecular flexibility index (Phi) is 5.91. The molecule has 1 aliphatic carbocycles. The van der Waals surface area contributed by atoms with Crippen LogP contribution in [0.25, 0.3) is 10.8 Å². The zero-order valence-electron chi connectivity index (χ0n) is 15.6. The highest BCUT2D eigenvalue weighted by atomic mass is 15.1. The summed E-state index contributed by atoms with van der Waals surface area (Å²) in [5.74, 6) is 0. The van der Waals surface area contributed by atoms with Crippen LogP contribution in [-0.2, 0) is 12.8 Å². The zero-order valence-corrected chi connectivity index (χ0v) is 15.6. The molecule has 0 aromatic heterocycles. The Morgan fingerprint density at radius 3 is 2.54 bits per heavy atom. The van der Waals surface area contributed by atoms with Crippen LogP contribution >= 0.6 is 0 Å². The maximum absolute atomic E-state index is 3.85. The molecule has 1 atom stereocenters. The second-order valence-electron chi connectivity index (χ2n) is 6.93. The lowest BCUT2D eigenvalue weighted by Gasteiger charge is -2.30. The molecule has 0 aliphatic heterocycles. The molecule has 1 unspecified atom stereocenters. The van der Waals surface area contributed by atoms with Crippen LogP contribution in [0, 0.1) is 0 Å². The smallest absolute Gasteiger partial charge is 0.0323 e. The molecule has 2 nitrogen and oxygen atoms in total. The number of fused-ring (bicyclic) bond motifs is 3. The standard InChI is InChI=1S/C22H32N2/c1-4-17-16-21-20(19-11-8-7-10-18(17)19)12-9-13-22(21)23-14-15-24(5-2)6-3/h7-8,10-11,16,22-23H,4-6,9,12-15H2,1-3H3. The fourth-order valence-electron chi connectivity index (χ4n) is 4.20. The van der Waals surface area contributed by atoms with Gasteiger partial charge in [-0.25, -0.2) is 0 Å². The highest BCUT2D eigenvalue weighted by molar-refractivity contribution is 5.90. The van der Waals surface area contributed by atoms with Crippen LogP contribution in [0.2, 0.25) is 0 Å². The maximum Gasteiger partial charge on any atom is 0.0323 e. The van der Waals surface area contributed by atoms with Crippen molar-refractivity contribution in [2.75, 3.05) is 26.2 Å². The summed E-state index contributed by atoms with van der Waals surface area (Å²) in [6, 6.07) is 12.0. The Morgan fingerprint density at radius 1 is 1.08 bits per heavy atom. The highest BCUT2D eigenvalue weighted by Crippen LogP contribution is 2.36. The predicted octanol–water partition coefficient (Wildman–Crippen LogP) is 4.71. The number of nitrogens with one attached hydrogen (secondary N) is 1. The van der Waals surface area contributed by atoms with Crippen molar-refractivity contribution in [3.63, 3.8) is 0 Å². The van der Waals surface area contributed by atoms with E-state index >= 15 is 0 Å². The quantitative estimate of drug-likeness (QED) is 0.793. The molecule has 130 valence electrons. The van der Waals surface area contributed by atoms with Crippen LogP contribution in [0.3, 0.4) is 0 Å². The van der Waals surface area contributed by atoms with Gasteiger partial charge in [-0.3, -0.25) is 0 Å². The number of benzene rings is 2. The van der Waals surface area contributed by atoms with Crippen LogP contribution in [-0.4, -0.2) is 31.1 Å². The van der Waals surface area contributed by atoms with E-state index in [1.807, 2.05) is 0 Å². The summed E-state index contributed by atoms with van der Waals surface area (Å²) in [7, 11) is 0. The van der Waals surface area contributed by atoms with Gasteiger partial charge in [-0.1, -0.05) is 51.1 Å². The van der Waals surface area contributed by atoms with E-state index in [0.29, 0.717) is 6.04 Å². The van der Waals surface area contributed by atoms with Crippen molar-refractivity contribution < 1.29 is 0 Å². The lowest BCUT2D eigenvalue weighted by Crippen LogP contribution is -2.34. The summed E-state index contributed by atoms with van der Waals surface area (Å²) in [4.78, 5) is 2.49. The van der Waals surface area contributed by atoms with Crippen LogP contribution in [0.4, 0.5) is 0 Å². The van der Waals surface area contributed by atoms with Crippen molar-refractivity contribution in [2.24, 2.45) is 0 Å². The number of rotatable bonds is 7. The first kappa shape index (κ1) is 17.4. The third-order valence-corrected chi connectivity index (χ3v) is 5.67. The average Bonchev–Trinajstić information content (AvgIpc) is 2.64. The van der Waals surface area contributed by atoms with Gasteiger partial charge in [0.15, 0.2) is 0 Å². The maximum atomic E-state index is 3.85. The molecule has 0 heterocycles. The van der Waals surface area contributed by atoms with Crippen LogP contribution in [0.1, 0.15) is 56.3 Å². The molecule has 1 aliphatic rings. The minimum Gasteiger partial charge on any atom is -0.309 e. The normalized spacial score (nSPS) is 17.4. The third kappa shape index (κ3) is 3.50. The predicted molar refractivity (Wildman–Crippen MR) is 105 cm³/mol. The molecule has 1 N–H and O–H groups in total. The van der Waals surface area contributed by atoms with E-state index in [0.717, 1.165) is 32.6 Å². The molecule has 0 bridgehead atoms. The van der Waals surface area contributed by atoms with Crippen molar-refractivity contribution in [3.8, 4) is 0 Å². The van der Waals surface area contributed by atoms with Crippen LogP contribution in [0.5, 0.6) is 0 Å². The fraction of sp³-hybridized carbons (Fsp3) is 0.545. The average molecular weight is 325 g/mol. The van der Waals surface area contributed by atoms with E-state index in [-0.39, 0.29) is 0 Å². The zero-order chi connectivity index (χ0) is 16.9. The topological polar surface area (TPSA) is 15.3 Å². The molecular weight excluding hydrogens is 292 g/mol. The fourth-order valence-corrected chi connectivity index (χ4v) is 4.20. The van der Waals surface area contributed by atoms with Crippen LogP contribution in [0.15, 0.2) is 30.3 Å². The van der Waals surface area contributed by atoms with E-state index < -0.39 is 0 Å². The van der Waals surface area contributed by atoms with Crippen molar-refractivity contribution in [3.05, 3.63) is 47.0 Å². The Bertz CT molecular complexity index is 673. The minimum atomic E-state index is 0.527. The number of aryl methyl sites for hydroxylation is 2. The molecule has 0 amide bonds. The lowest BCUT2D eigenvalue weighted by atomic mass is 9.82. The van der Waals surface area contributed by atoms with E-state index in [1.54, 1.807) is 11.1 Å². The first-order chi connectivity index (χ1) is 11.8. The van der Waals surface area contributed by atoms with Gasteiger partial charge >= 0.3 is 0 Å². The van der Waals surface area contributed by atoms with Gasteiger partial charge in [0.05, 0.1) is 0 Å². The van der Waals surface area contributed by atoms with E-state index in [1.165, 1.54) is 35.6 Å². The summed E-state index contributed by atoms with van der Waals surface area (Å²) in [6.45, 7) is 11.3. The molecule has 3 rings (SSSR count). The molecule has 0 fully saturated rings. The first-order valence-corrected chi connectivity index (χ1v) is 9.77. The largest absolute Gasteiger partial charge is 0.309 e. The Balaban J connectivity index is 1.85. The Labute approximate surface area is 147 Å². The van der Waals surface area contributed by atoms with Gasteiger partial charge in [0.25, 0.3) is 0 Å². The molecule has 2 heteroatoms. The number of likely N-dealkylation sites (N-methyl/N-ethyl adjacent to an activating group) is 1. The molecule has 0 spiro atoms. The van der Waals surface area contributed by atoms with E-state index in [4.69, 9.17) is 0 Å². The van der Waals surface area contributed by atoms with Crippen molar-refractivity contribution in [1.82, 2.24) is 10.2 Å². The summed E-state index contributed by atoms with van der Waals surface area (Å²) in [6.07, 6.45) is 4.91. The van der Waals surface area contributed by atoms with Gasteiger partial charge in [0, 0.05) is 19.1 Å². The van der Waals surface area contributed by atoms with Crippen molar-refractivity contribution in [1.29, 1.82) is 0 Å². The minimum absolute atomic E-state index is 0.527. The molecule has 2 aromatic carbocycles. The summed E-state index contributed by atoms with van der Waals surface area (Å²) < 4.78 is 0. The lowest BCUT2D eigenvalue weighted by molar-refractivity contribution is 0.293. The Hall–Kier alpha value is -1.38. The van der Waals surface area contributed by atoms with Gasteiger partial charge in [-0.2, -0.15) is 0 Å². The van der Waals surface area contributed by atoms with Gasteiger partial charge < -0.3 is 10.2 Å². The SMILES string of the molecule is CCc1cc2c(c3ccccc13)CCCC2NCCN(CC)CC. The Morgan fingerprint density at radius 2 is 1.83 bits per heavy atom. The van der Waals surface area contributed by atoms with Gasteiger partial charge in [-0.05, 0) is 66.2 Å². The molecule has 0 saturated carbocycles. The van der Waals surface area contributed by atoms with Crippen molar-refractivity contribution in [2.45, 2.75) is 52.5 Å². The molecule has 24 heavy (non-hydrogen) atoms. The van der Waals surface area contributed by atoms with Gasteiger partial charge in [-0.15, -0.1) is 0 Å². The van der Waals surface area contributed by atoms with Crippen LogP contribution < -0.4 is 5.32 Å².